The van der Waals surface area contributed by atoms with Gasteiger partial charge >= 0.3 is 0 Å². The minimum Gasteiger partial charge on any atom is -0.508 e. The molecule has 1 amide bonds. The van der Waals surface area contributed by atoms with Crippen LogP contribution in [0.2, 0.25) is 0 Å². The predicted molar refractivity (Wildman–Crippen MR) is 137 cm³/mol. The van der Waals surface area contributed by atoms with Crippen molar-refractivity contribution in [1.29, 1.82) is 0 Å². The first-order chi connectivity index (χ1) is 16.4. The summed E-state index contributed by atoms with van der Waals surface area (Å²) in [5, 5.41) is 12.8. The zero-order valence-electron chi connectivity index (χ0n) is 21.4. The van der Waals surface area contributed by atoms with E-state index in [1.165, 1.54) is 56.1 Å². The Balaban J connectivity index is 1.28. The van der Waals surface area contributed by atoms with Crippen molar-refractivity contribution >= 4 is 11.7 Å². The van der Waals surface area contributed by atoms with E-state index in [4.69, 9.17) is 0 Å². The van der Waals surface area contributed by atoms with Gasteiger partial charge < -0.3 is 10.4 Å². The number of nitrogens with one attached hydrogen (secondary N) is 1. The molecule has 2 saturated carbocycles. The van der Waals surface area contributed by atoms with Crippen molar-refractivity contribution in [3.05, 3.63) is 29.3 Å². The van der Waals surface area contributed by atoms with Crippen LogP contribution in [0.25, 0.3) is 0 Å². The third-order valence-corrected chi connectivity index (χ3v) is 9.60. The second kappa shape index (κ2) is 11.3. The zero-order valence-corrected chi connectivity index (χ0v) is 21.4. The molecule has 5 atom stereocenters. The van der Waals surface area contributed by atoms with Gasteiger partial charge in [0.25, 0.3) is 0 Å². The third-order valence-electron chi connectivity index (χ3n) is 9.60. The number of amides is 1. The van der Waals surface area contributed by atoms with Gasteiger partial charge in [-0.15, -0.1) is 0 Å². The molecule has 34 heavy (non-hydrogen) atoms. The highest BCUT2D eigenvalue weighted by Crippen LogP contribution is 2.61. The van der Waals surface area contributed by atoms with Crippen LogP contribution < -0.4 is 5.32 Å². The lowest BCUT2D eigenvalue weighted by Crippen LogP contribution is -2.46. The standard InChI is InChI=1S/C30H45NO3/c1-30-18-17-25-24-14-13-23(32)20-22(24)19-21(29(25)26(30)15-16-27(30)33)11-9-7-5-3-4-6-8-10-12-28(34)31-2/h13-14,20-21,25-26,29,32H,3-12,15-19H2,1-2H3,(H,31,34)/t21-,25?,26?,29?,30+/m1/s1. The lowest BCUT2D eigenvalue weighted by atomic mass is 9.52. The van der Waals surface area contributed by atoms with E-state index in [1.807, 2.05) is 12.1 Å². The molecule has 0 radical (unpaired) electrons. The largest absolute Gasteiger partial charge is 0.508 e. The Bertz CT molecular complexity index is 865. The van der Waals surface area contributed by atoms with Crippen molar-refractivity contribution < 1.29 is 14.7 Å². The lowest BCUT2D eigenvalue weighted by Gasteiger charge is -2.51. The maximum absolute atomic E-state index is 12.8. The molecule has 0 saturated heterocycles. The summed E-state index contributed by atoms with van der Waals surface area (Å²) < 4.78 is 0. The van der Waals surface area contributed by atoms with E-state index in [0.29, 0.717) is 41.6 Å². The van der Waals surface area contributed by atoms with Crippen LogP contribution in [0.1, 0.15) is 114 Å². The number of hydrogen-bond donors (Lipinski definition) is 2. The minimum atomic E-state index is -0.0916. The van der Waals surface area contributed by atoms with Crippen molar-refractivity contribution in [2.75, 3.05) is 7.05 Å². The van der Waals surface area contributed by atoms with E-state index in [2.05, 4.69) is 18.3 Å². The summed E-state index contributed by atoms with van der Waals surface area (Å²) in [5.74, 6) is 3.43. The van der Waals surface area contributed by atoms with Gasteiger partial charge in [-0.3, -0.25) is 9.59 Å². The molecule has 188 valence electrons. The highest BCUT2D eigenvalue weighted by atomic mass is 16.3. The highest BCUT2D eigenvalue weighted by Gasteiger charge is 2.56. The minimum absolute atomic E-state index is 0.0916. The van der Waals surface area contributed by atoms with Crippen molar-refractivity contribution in [3.63, 3.8) is 0 Å². The van der Waals surface area contributed by atoms with Crippen LogP contribution in [0.15, 0.2) is 18.2 Å². The molecule has 0 aromatic heterocycles. The van der Waals surface area contributed by atoms with Crippen LogP contribution in [0.3, 0.4) is 0 Å². The Morgan fingerprint density at radius 1 is 1.06 bits per heavy atom. The van der Waals surface area contributed by atoms with E-state index >= 15 is 0 Å². The summed E-state index contributed by atoms with van der Waals surface area (Å²) in [6, 6.07) is 6.05. The molecule has 3 aliphatic carbocycles. The fourth-order valence-corrected chi connectivity index (χ4v) is 7.71. The number of ketones is 1. The van der Waals surface area contributed by atoms with Crippen molar-refractivity contribution in [3.8, 4) is 5.75 Å². The van der Waals surface area contributed by atoms with Gasteiger partial charge in [-0.25, -0.2) is 0 Å². The Hall–Kier alpha value is -1.84. The number of aromatic hydroxyl groups is 1. The molecular formula is C30H45NO3. The Labute approximate surface area is 206 Å². The summed E-state index contributed by atoms with van der Waals surface area (Å²) in [6.45, 7) is 2.27. The fourth-order valence-electron chi connectivity index (χ4n) is 7.71. The van der Waals surface area contributed by atoms with E-state index in [-0.39, 0.29) is 11.3 Å². The second-order valence-corrected chi connectivity index (χ2v) is 11.6. The van der Waals surface area contributed by atoms with Gasteiger partial charge in [0.2, 0.25) is 5.91 Å². The molecule has 0 heterocycles. The van der Waals surface area contributed by atoms with Crippen LogP contribution in [-0.2, 0) is 16.0 Å². The Kier molecular flexibility index (Phi) is 8.37. The monoisotopic (exact) mass is 467 g/mol. The molecule has 0 aliphatic heterocycles. The molecule has 1 aromatic carbocycles. The van der Waals surface area contributed by atoms with Gasteiger partial charge in [-0.05, 0) is 85.5 Å². The van der Waals surface area contributed by atoms with E-state index in [9.17, 15) is 14.7 Å². The average molecular weight is 468 g/mol. The fraction of sp³-hybridized carbons (Fsp3) is 0.733. The zero-order chi connectivity index (χ0) is 24.1. The van der Waals surface area contributed by atoms with Crippen LogP contribution in [-0.4, -0.2) is 23.8 Å². The number of carbonyl (C=O) groups is 2. The first-order valence-corrected chi connectivity index (χ1v) is 14.0. The SMILES string of the molecule is CNC(=O)CCCCCCCCCC[C@@H]1Cc2cc(O)ccc2C2CC[C@]3(C)C(=O)CCC3C21. The van der Waals surface area contributed by atoms with E-state index in [0.717, 1.165) is 44.9 Å². The molecule has 0 spiro atoms. The maximum Gasteiger partial charge on any atom is 0.219 e. The molecular weight excluding hydrogens is 422 g/mol. The number of rotatable bonds is 11. The molecule has 4 nitrogen and oxygen atoms in total. The number of unbranched alkanes of at least 4 members (excludes halogenated alkanes) is 7. The number of Topliss-reactive ketones (excluding diaryl/α,β-unsaturated/α-hetero) is 1. The normalized spacial score (nSPS) is 29.9. The molecule has 1 aromatic rings. The van der Waals surface area contributed by atoms with Crippen LogP contribution >= 0.6 is 0 Å². The molecule has 4 heteroatoms. The number of phenols is 1. The van der Waals surface area contributed by atoms with Gasteiger partial charge in [0.15, 0.2) is 0 Å². The number of hydrogen-bond acceptors (Lipinski definition) is 3. The smallest absolute Gasteiger partial charge is 0.219 e. The summed E-state index contributed by atoms with van der Waals surface area (Å²) in [6.07, 6.45) is 16.8. The summed E-state index contributed by atoms with van der Waals surface area (Å²) >= 11 is 0. The molecule has 3 unspecified atom stereocenters. The number of carbonyl (C=O) groups excluding carboxylic acids is 2. The highest BCUT2D eigenvalue weighted by molar-refractivity contribution is 5.87. The van der Waals surface area contributed by atoms with Crippen LogP contribution in [0.4, 0.5) is 0 Å². The topological polar surface area (TPSA) is 66.4 Å². The van der Waals surface area contributed by atoms with Crippen LogP contribution in [0.5, 0.6) is 5.75 Å². The van der Waals surface area contributed by atoms with Gasteiger partial charge in [-0.1, -0.05) is 57.9 Å². The summed E-state index contributed by atoms with van der Waals surface area (Å²) in [7, 11) is 1.71. The predicted octanol–water partition coefficient (Wildman–Crippen LogP) is 6.69. The molecule has 2 fully saturated rings. The number of phenolic OH excluding ortho intramolecular Hbond substituents is 1. The number of benzene rings is 1. The van der Waals surface area contributed by atoms with Crippen LogP contribution in [0, 0.1) is 23.2 Å². The summed E-state index contributed by atoms with van der Waals surface area (Å²) in [4.78, 5) is 24.1. The molecule has 3 aliphatic rings. The van der Waals surface area contributed by atoms with Gasteiger partial charge in [0.05, 0.1) is 0 Å². The third kappa shape index (κ3) is 5.36. The number of fused-ring (bicyclic) bond motifs is 5. The quantitative estimate of drug-likeness (QED) is 0.356. The summed E-state index contributed by atoms with van der Waals surface area (Å²) in [5.41, 5.74) is 2.72. The maximum atomic E-state index is 12.8. The van der Waals surface area contributed by atoms with E-state index < -0.39 is 0 Å². The van der Waals surface area contributed by atoms with Crippen molar-refractivity contribution in [2.24, 2.45) is 23.2 Å². The Morgan fingerprint density at radius 2 is 1.76 bits per heavy atom. The van der Waals surface area contributed by atoms with Gasteiger partial charge in [-0.2, -0.15) is 0 Å². The average Bonchev–Trinajstić information content (AvgIpc) is 3.13. The van der Waals surface area contributed by atoms with Crippen molar-refractivity contribution in [2.45, 2.75) is 109 Å². The van der Waals surface area contributed by atoms with Gasteiger partial charge in [0, 0.05) is 25.3 Å². The van der Waals surface area contributed by atoms with Crippen molar-refractivity contribution in [1.82, 2.24) is 5.32 Å². The second-order valence-electron chi connectivity index (χ2n) is 11.6. The lowest BCUT2D eigenvalue weighted by molar-refractivity contribution is -0.130. The molecule has 0 bridgehead atoms. The first kappa shape index (κ1) is 25.3. The van der Waals surface area contributed by atoms with E-state index in [1.54, 1.807) is 7.05 Å². The van der Waals surface area contributed by atoms with Gasteiger partial charge in [0.1, 0.15) is 11.5 Å². The Morgan fingerprint density at radius 3 is 2.50 bits per heavy atom. The first-order valence-electron chi connectivity index (χ1n) is 14.0. The molecule has 2 N–H and O–H groups in total. The molecule has 4 rings (SSSR count).